The molecule has 2 aromatic heterocycles. The van der Waals surface area contributed by atoms with Gasteiger partial charge in [0.15, 0.2) is 0 Å². The van der Waals surface area contributed by atoms with Gasteiger partial charge in [0.25, 0.3) is 5.91 Å². The summed E-state index contributed by atoms with van der Waals surface area (Å²) in [6, 6.07) is 6.15. The number of aryl methyl sites for hydroxylation is 2. The fraction of sp³-hybridized carbons (Fsp3) is 0.500. The molecule has 5 nitrogen and oxygen atoms in total. The summed E-state index contributed by atoms with van der Waals surface area (Å²) >= 11 is 1.58. The van der Waals surface area contributed by atoms with Crippen molar-refractivity contribution in [3.8, 4) is 0 Å². The van der Waals surface area contributed by atoms with Crippen LogP contribution in [0.25, 0.3) is 0 Å². The summed E-state index contributed by atoms with van der Waals surface area (Å²) < 4.78 is 0. The van der Waals surface area contributed by atoms with E-state index in [1.54, 1.807) is 11.3 Å². The van der Waals surface area contributed by atoms with Crippen molar-refractivity contribution in [3.63, 3.8) is 0 Å². The van der Waals surface area contributed by atoms with Crippen LogP contribution >= 0.6 is 11.3 Å². The molecule has 3 heterocycles. The lowest BCUT2D eigenvalue weighted by molar-refractivity contribution is 0.0955. The summed E-state index contributed by atoms with van der Waals surface area (Å²) in [5.74, 6) is 1.02. The average molecular weight is 373 g/mol. The second-order valence-electron chi connectivity index (χ2n) is 6.94. The lowest BCUT2D eigenvalue weighted by atomic mass is 10.1. The summed E-state index contributed by atoms with van der Waals surface area (Å²) in [6.45, 7) is 8.92. The highest BCUT2D eigenvalue weighted by Gasteiger charge is 2.15. The fourth-order valence-electron chi connectivity index (χ4n) is 3.16. The predicted octanol–water partition coefficient (Wildman–Crippen LogP) is 3.09. The number of piperazine rings is 1. The maximum absolute atomic E-state index is 12.4. The van der Waals surface area contributed by atoms with E-state index in [9.17, 15) is 4.79 Å². The number of likely N-dealkylation sites (N-methyl/N-ethyl adjacent to an activating group) is 1. The predicted molar refractivity (Wildman–Crippen MR) is 108 cm³/mol. The molecule has 0 saturated carbocycles. The van der Waals surface area contributed by atoms with E-state index in [0.29, 0.717) is 6.54 Å². The zero-order chi connectivity index (χ0) is 18.5. The molecular formula is C20H28N4OS. The third-order valence-electron chi connectivity index (χ3n) is 4.85. The van der Waals surface area contributed by atoms with Crippen molar-refractivity contribution in [2.24, 2.45) is 0 Å². The maximum atomic E-state index is 12.4. The van der Waals surface area contributed by atoms with Crippen LogP contribution in [0.2, 0.25) is 0 Å². The van der Waals surface area contributed by atoms with Crippen LogP contribution in [0.5, 0.6) is 0 Å². The number of amides is 1. The van der Waals surface area contributed by atoms with Crippen LogP contribution in [0.3, 0.4) is 0 Å². The first-order valence-corrected chi connectivity index (χ1v) is 10.1. The molecule has 1 N–H and O–H groups in total. The zero-order valence-corrected chi connectivity index (χ0v) is 16.7. The molecule has 3 rings (SSSR count). The molecule has 1 aliphatic rings. The summed E-state index contributed by atoms with van der Waals surface area (Å²) in [6.07, 6.45) is 4.01. The molecule has 1 saturated heterocycles. The highest BCUT2D eigenvalue weighted by molar-refractivity contribution is 7.14. The molecule has 0 bridgehead atoms. The van der Waals surface area contributed by atoms with Crippen LogP contribution in [-0.4, -0.2) is 49.0 Å². The number of hydrogen-bond acceptors (Lipinski definition) is 5. The van der Waals surface area contributed by atoms with Gasteiger partial charge in [-0.3, -0.25) is 4.79 Å². The Morgan fingerprint density at radius 3 is 2.69 bits per heavy atom. The number of hydrogen-bond donors (Lipinski definition) is 1. The molecule has 140 valence electrons. The van der Waals surface area contributed by atoms with Crippen molar-refractivity contribution >= 4 is 23.1 Å². The van der Waals surface area contributed by atoms with Crippen molar-refractivity contribution in [2.75, 3.05) is 38.1 Å². The van der Waals surface area contributed by atoms with Crippen molar-refractivity contribution in [1.29, 1.82) is 0 Å². The number of rotatable bonds is 6. The molecule has 0 atom stereocenters. The number of thiophene rings is 1. The van der Waals surface area contributed by atoms with Crippen LogP contribution in [-0.2, 0) is 13.0 Å². The van der Waals surface area contributed by atoms with E-state index in [2.05, 4.69) is 53.1 Å². The molecule has 6 heteroatoms. The number of carbonyl (C=O) groups excluding carboxylic acids is 1. The van der Waals surface area contributed by atoms with E-state index in [1.807, 2.05) is 12.3 Å². The zero-order valence-electron chi connectivity index (χ0n) is 15.9. The molecule has 1 aliphatic heterocycles. The third kappa shape index (κ3) is 4.62. The minimum Gasteiger partial charge on any atom is -0.354 e. The van der Waals surface area contributed by atoms with Crippen LogP contribution in [0.15, 0.2) is 24.4 Å². The molecule has 1 amide bonds. The van der Waals surface area contributed by atoms with E-state index in [4.69, 9.17) is 0 Å². The van der Waals surface area contributed by atoms with Gasteiger partial charge < -0.3 is 15.1 Å². The Morgan fingerprint density at radius 2 is 2.04 bits per heavy atom. The summed E-state index contributed by atoms with van der Waals surface area (Å²) in [4.78, 5) is 23.7. The Kier molecular flexibility index (Phi) is 6.27. The first kappa shape index (κ1) is 18.9. The van der Waals surface area contributed by atoms with Gasteiger partial charge in [-0.2, -0.15) is 0 Å². The standard InChI is InChI=1S/C20H28N4OS/c1-4-5-17-12-18(26-15(17)2)20(25)22-14-16-6-7-19(21-13-16)24-10-8-23(3)9-11-24/h6-7,12-13H,4-5,8-11,14H2,1-3H3,(H,22,25). The highest BCUT2D eigenvalue weighted by atomic mass is 32.1. The van der Waals surface area contributed by atoms with E-state index < -0.39 is 0 Å². The molecular weight excluding hydrogens is 344 g/mol. The Balaban J connectivity index is 1.54. The van der Waals surface area contributed by atoms with Crippen LogP contribution in [0, 0.1) is 6.92 Å². The van der Waals surface area contributed by atoms with Gasteiger partial charge in [0.1, 0.15) is 5.82 Å². The third-order valence-corrected chi connectivity index (χ3v) is 5.94. The molecule has 0 aromatic carbocycles. The lowest BCUT2D eigenvalue weighted by Gasteiger charge is -2.33. The molecule has 0 spiro atoms. The highest BCUT2D eigenvalue weighted by Crippen LogP contribution is 2.23. The largest absolute Gasteiger partial charge is 0.354 e. The van der Waals surface area contributed by atoms with Gasteiger partial charge in [-0.1, -0.05) is 19.4 Å². The minimum atomic E-state index is 0.00333. The Morgan fingerprint density at radius 1 is 1.27 bits per heavy atom. The number of aromatic nitrogens is 1. The van der Waals surface area contributed by atoms with Crippen molar-refractivity contribution in [2.45, 2.75) is 33.2 Å². The van der Waals surface area contributed by atoms with Gasteiger partial charge in [-0.25, -0.2) is 4.98 Å². The fourth-order valence-corrected chi connectivity index (χ4v) is 4.15. The van der Waals surface area contributed by atoms with E-state index in [-0.39, 0.29) is 5.91 Å². The van der Waals surface area contributed by atoms with Crippen LogP contribution in [0.1, 0.15) is 39.0 Å². The van der Waals surface area contributed by atoms with Gasteiger partial charge in [-0.15, -0.1) is 11.3 Å². The summed E-state index contributed by atoms with van der Waals surface area (Å²) in [5, 5.41) is 3.01. The average Bonchev–Trinajstić information content (AvgIpc) is 3.02. The maximum Gasteiger partial charge on any atom is 0.261 e. The van der Waals surface area contributed by atoms with Crippen LogP contribution < -0.4 is 10.2 Å². The van der Waals surface area contributed by atoms with E-state index >= 15 is 0 Å². The molecule has 26 heavy (non-hydrogen) atoms. The molecule has 0 radical (unpaired) electrons. The topological polar surface area (TPSA) is 48.5 Å². The van der Waals surface area contributed by atoms with Gasteiger partial charge in [0, 0.05) is 43.8 Å². The number of nitrogens with zero attached hydrogens (tertiary/aromatic N) is 3. The Labute approximate surface area is 160 Å². The second-order valence-corrected chi connectivity index (χ2v) is 8.20. The van der Waals surface area contributed by atoms with Gasteiger partial charge in [0.05, 0.1) is 4.88 Å². The van der Waals surface area contributed by atoms with Crippen LogP contribution in [0.4, 0.5) is 5.82 Å². The number of carbonyl (C=O) groups is 1. The molecule has 1 fully saturated rings. The Hall–Kier alpha value is -1.92. The lowest BCUT2D eigenvalue weighted by Crippen LogP contribution is -2.44. The van der Waals surface area contributed by atoms with Crippen molar-refractivity contribution < 1.29 is 4.79 Å². The molecule has 2 aromatic rings. The van der Waals surface area contributed by atoms with E-state index in [1.165, 1.54) is 10.4 Å². The number of anilines is 1. The van der Waals surface area contributed by atoms with Gasteiger partial charge in [-0.05, 0) is 43.7 Å². The monoisotopic (exact) mass is 372 g/mol. The summed E-state index contributed by atoms with van der Waals surface area (Å²) in [5.41, 5.74) is 2.32. The van der Waals surface area contributed by atoms with Gasteiger partial charge >= 0.3 is 0 Å². The summed E-state index contributed by atoms with van der Waals surface area (Å²) in [7, 11) is 2.15. The first-order valence-electron chi connectivity index (χ1n) is 9.32. The molecule has 0 aliphatic carbocycles. The quantitative estimate of drug-likeness (QED) is 0.847. The normalized spacial score (nSPS) is 15.3. The number of pyridine rings is 1. The van der Waals surface area contributed by atoms with Crippen molar-refractivity contribution in [3.05, 3.63) is 45.3 Å². The SMILES string of the molecule is CCCc1cc(C(=O)NCc2ccc(N3CCN(C)CC3)nc2)sc1C. The second kappa shape index (κ2) is 8.64. The Bertz CT molecular complexity index is 733. The molecule has 0 unspecified atom stereocenters. The number of nitrogens with one attached hydrogen (secondary N) is 1. The first-order chi connectivity index (χ1) is 12.6. The minimum absolute atomic E-state index is 0.00333. The van der Waals surface area contributed by atoms with Gasteiger partial charge in [0.2, 0.25) is 0 Å². The smallest absolute Gasteiger partial charge is 0.261 e. The van der Waals surface area contributed by atoms with Crippen molar-refractivity contribution in [1.82, 2.24) is 15.2 Å². The van der Waals surface area contributed by atoms with E-state index in [0.717, 1.165) is 55.3 Å².